The molecule has 1 aliphatic rings. The summed E-state index contributed by atoms with van der Waals surface area (Å²) < 4.78 is 0. The van der Waals surface area contributed by atoms with Crippen molar-refractivity contribution < 1.29 is 0 Å². The molecular weight excluding hydrogens is 146 g/mol. The molecule has 0 aromatic carbocycles. The van der Waals surface area contributed by atoms with Crippen LogP contribution in [0.1, 0.15) is 33.1 Å². The Morgan fingerprint density at radius 2 is 2.33 bits per heavy atom. The molecule has 1 rings (SSSR count). The van der Waals surface area contributed by atoms with Crippen molar-refractivity contribution in [2.45, 2.75) is 33.1 Å². The minimum Gasteiger partial charge on any atom is -0.402 e. The SMILES string of the molecule is C=C1C(C)CCC1C/C(N)=C\C. The van der Waals surface area contributed by atoms with Crippen LogP contribution in [0.2, 0.25) is 0 Å². The molecule has 1 nitrogen and oxygen atoms in total. The monoisotopic (exact) mass is 165 g/mol. The Morgan fingerprint density at radius 1 is 1.67 bits per heavy atom. The molecule has 0 aliphatic heterocycles. The maximum Gasteiger partial charge on any atom is 0.00431 e. The molecule has 0 heterocycles. The van der Waals surface area contributed by atoms with E-state index in [4.69, 9.17) is 5.73 Å². The van der Waals surface area contributed by atoms with E-state index in [9.17, 15) is 0 Å². The molecule has 1 fully saturated rings. The Balaban J connectivity index is 2.50. The molecule has 1 aliphatic carbocycles. The van der Waals surface area contributed by atoms with Crippen LogP contribution in [0.4, 0.5) is 0 Å². The Kier molecular flexibility index (Phi) is 2.96. The van der Waals surface area contributed by atoms with Crippen LogP contribution in [0.15, 0.2) is 23.9 Å². The lowest BCUT2D eigenvalue weighted by atomic mass is 9.95. The summed E-state index contributed by atoms with van der Waals surface area (Å²) in [6, 6.07) is 0. The van der Waals surface area contributed by atoms with Gasteiger partial charge in [0.1, 0.15) is 0 Å². The van der Waals surface area contributed by atoms with E-state index in [2.05, 4.69) is 13.5 Å². The molecule has 2 N–H and O–H groups in total. The van der Waals surface area contributed by atoms with Crippen LogP contribution in [0.5, 0.6) is 0 Å². The second-order valence-corrected chi connectivity index (χ2v) is 3.82. The molecule has 1 heteroatoms. The van der Waals surface area contributed by atoms with Gasteiger partial charge in [-0.3, -0.25) is 0 Å². The van der Waals surface area contributed by atoms with Crippen molar-refractivity contribution in [3.05, 3.63) is 23.9 Å². The van der Waals surface area contributed by atoms with Gasteiger partial charge in [-0.05, 0) is 38.0 Å². The minimum atomic E-state index is 0.649. The van der Waals surface area contributed by atoms with Crippen molar-refractivity contribution in [1.29, 1.82) is 0 Å². The molecule has 2 atom stereocenters. The van der Waals surface area contributed by atoms with E-state index in [1.165, 1.54) is 18.4 Å². The second kappa shape index (κ2) is 3.79. The van der Waals surface area contributed by atoms with Crippen LogP contribution in [-0.2, 0) is 0 Å². The van der Waals surface area contributed by atoms with E-state index in [0.717, 1.165) is 12.1 Å². The number of nitrogens with two attached hydrogens (primary N) is 1. The first-order valence-corrected chi connectivity index (χ1v) is 4.74. The molecule has 0 amide bonds. The summed E-state index contributed by atoms with van der Waals surface area (Å²) in [6.07, 6.45) is 5.57. The van der Waals surface area contributed by atoms with Crippen LogP contribution in [0.3, 0.4) is 0 Å². The molecule has 0 aromatic heterocycles. The van der Waals surface area contributed by atoms with Gasteiger partial charge in [0, 0.05) is 5.70 Å². The van der Waals surface area contributed by atoms with E-state index in [1.54, 1.807) is 0 Å². The average molecular weight is 165 g/mol. The topological polar surface area (TPSA) is 26.0 Å². The van der Waals surface area contributed by atoms with Gasteiger partial charge in [-0.15, -0.1) is 0 Å². The number of rotatable bonds is 2. The fraction of sp³-hybridized carbons (Fsp3) is 0.636. The van der Waals surface area contributed by atoms with Crippen molar-refractivity contribution in [3.8, 4) is 0 Å². The highest BCUT2D eigenvalue weighted by Gasteiger charge is 2.25. The van der Waals surface area contributed by atoms with Gasteiger partial charge in [0.25, 0.3) is 0 Å². The molecule has 12 heavy (non-hydrogen) atoms. The lowest BCUT2D eigenvalue weighted by Gasteiger charge is -2.12. The predicted octanol–water partition coefficient (Wildman–Crippen LogP) is 2.84. The van der Waals surface area contributed by atoms with E-state index in [1.807, 2.05) is 13.0 Å². The highest BCUT2D eigenvalue weighted by Crippen LogP contribution is 2.37. The lowest BCUT2D eigenvalue weighted by Crippen LogP contribution is -2.05. The average Bonchev–Trinajstić information content (AvgIpc) is 2.36. The van der Waals surface area contributed by atoms with Crippen molar-refractivity contribution >= 4 is 0 Å². The molecule has 0 saturated heterocycles. The maximum absolute atomic E-state index is 5.78. The summed E-state index contributed by atoms with van der Waals surface area (Å²) >= 11 is 0. The molecule has 2 unspecified atom stereocenters. The third-order valence-electron chi connectivity index (χ3n) is 2.96. The largest absolute Gasteiger partial charge is 0.402 e. The van der Waals surface area contributed by atoms with Gasteiger partial charge in [0.15, 0.2) is 0 Å². The van der Waals surface area contributed by atoms with Gasteiger partial charge in [0.05, 0.1) is 0 Å². The van der Waals surface area contributed by atoms with Crippen LogP contribution >= 0.6 is 0 Å². The van der Waals surface area contributed by atoms with Crippen molar-refractivity contribution in [2.24, 2.45) is 17.6 Å². The Labute approximate surface area is 75.3 Å². The van der Waals surface area contributed by atoms with E-state index in [-0.39, 0.29) is 0 Å². The normalized spacial score (nSPS) is 31.2. The van der Waals surface area contributed by atoms with Crippen LogP contribution < -0.4 is 5.73 Å². The van der Waals surface area contributed by atoms with Gasteiger partial charge in [-0.2, -0.15) is 0 Å². The first kappa shape index (κ1) is 9.37. The highest BCUT2D eigenvalue weighted by molar-refractivity contribution is 5.13. The summed E-state index contributed by atoms with van der Waals surface area (Å²) in [7, 11) is 0. The third-order valence-corrected chi connectivity index (χ3v) is 2.96. The molecule has 68 valence electrons. The molecule has 0 aromatic rings. The number of hydrogen-bond acceptors (Lipinski definition) is 1. The zero-order chi connectivity index (χ0) is 9.14. The van der Waals surface area contributed by atoms with E-state index in [0.29, 0.717) is 11.8 Å². The van der Waals surface area contributed by atoms with Crippen LogP contribution in [-0.4, -0.2) is 0 Å². The summed E-state index contributed by atoms with van der Waals surface area (Å²) in [5.74, 6) is 1.36. The zero-order valence-corrected chi connectivity index (χ0v) is 8.14. The minimum absolute atomic E-state index is 0.649. The molecular formula is C11H19N. The fourth-order valence-electron chi connectivity index (χ4n) is 1.86. The summed E-state index contributed by atoms with van der Waals surface area (Å²) in [4.78, 5) is 0. The quantitative estimate of drug-likeness (QED) is 0.626. The highest BCUT2D eigenvalue weighted by atomic mass is 14.6. The standard InChI is InChI=1S/C11H19N/c1-4-11(12)7-10-6-5-8(2)9(10)3/h4,8,10H,3,5-7,12H2,1-2H3/b11-4+. The zero-order valence-electron chi connectivity index (χ0n) is 8.14. The molecule has 0 radical (unpaired) electrons. The first-order chi connectivity index (χ1) is 5.65. The Morgan fingerprint density at radius 3 is 2.75 bits per heavy atom. The maximum atomic E-state index is 5.78. The van der Waals surface area contributed by atoms with Gasteiger partial charge in [0.2, 0.25) is 0 Å². The van der Waals surface area contributed by atoms with Gasteiger partial charge in [-0.25, -0.2) is 0 Å². The van der Waals surface area contributed by atoms with Gasteiger partial charge in [-0.1, -0.05) is 25.2 Å². The molecule has 1 saturated carbocycles. The smallest absolute Gasteiger partial charge is 0.00431 e. The lowest BCUT2D eigenvalue weighted by molar-refractivity contribution is 0.617. The Bertz CT molecular complexity index is 203. The van der Waals surface area contributed by atoms with E-state index < -0.39 is 0 Å². The predicted molar refractivity (Wildman–Crippen MR) is 53.6 cm³/mol. The van der Waals surface area contributed by atoms with Crippen molar-refractivity contribution in [3.63, 3.8) is 0 Å². The Hall–Kier alpha value is -0.720. The first-order valence-electron chi connectivity index (χ1n) is 4.74. The van der Waals surface area contributed by atoms with Crippen molar-refractivity contribution in [1.82, 2.24) is 0 Å². The third kappa shape index (κ3) is 1.90. The van der Waals surface area contributed by atoms with Gasteiger partial charge < -0.3 is 5.73 Å². The van der Waals surface area contributed by atoms with Crippen LogP contribution in [0.25, 0.3) is 0 Å². The molecule has 0 bridgehead atoms. The van der Waals surface area contributed by atoms with Crippen molar-refractivity contribution in [2.75, 3.05) is 0 Å². The number of allylic oxidation sites excluding steroid dienone is 3. The van der Waals surface area contributed by atoms with Gasteiger partial charge >= 0.3 is 0 Å². The van der Waals surface area contributed by atoms with Crippen LogP contribution in [0, 0.1) is 11.8 Å². The number of hydrogen-bond donors (Lipinski definition) is 1. The summed E-state index contributed by atoms with van der Waals surface area (Å²) in [6.45, 7) is 8.38. The van der Waals surface area contributed by atoms with E-state index >= 15 is 0 Å². The molecule has 0 spiro atoms. The summed E-state index contributed by atoms with van der Waals surface area (Å²) in [5.41, 5.74) is 8.19. The summed E-state index contributed by atoms with van der Waals surface area (Å²) in [5, 5.41) is 0. The fourth-order valence-corrected chi connectivity index (χ4v) is 1.86. The second-order valence-electron chi connectivity index (χ2n) is 3.82.